The van der Waals surface area contributed by atoms with Crippen molar-refractivity contribution in [2.75, 3.05) is 31.1 Å². The molecule has 1 aromatic carbocycles. The van der Waals surface area contributed by atoms with E-state index in [0.717, 1.165) is 38.4 Å². The maximum Gasteiger partial charge on any atom is 0.246 e. The van der Waals surface area contributed by atoms with Gasteiger partial charge in [-0.2, -0.15) is 5.10 Å². The molecule has 0 unspecified atom stereocenters. The predicted molar refractivity (Wildman–Crippen MR) is 92.3 cm³/mol. The molecule has 1 saturated heterocycles. The van der Waals surface area contributed by atoms with Crippen LogP contribution in [0.3, 0.4) is 0 Å². The number of rotatable bonds is 4. The lowest BCUT2D eigenvalue weighted by Gasteiger charge is -2.35. The Hall–Kier alpha value is -2.56. The molecule has 2 aromatic rings. The quantitative estimate of drug-likeness (QED) is 0.814. The Bertz CT molecular complexity index is 699. The van der Waals surface area contributed by atoms with Gasteiger partial charge in [-0.3, -0.25) is 9.48 Å². The molecular formula is C18H22N4O. The molecule has 0 N–H and O–H groups in total. The van der Waals surface area contributed by atoms with Crippen LogP contribution in [0.15, 0.2) is 49.2 Å². The Kier molecular flexibility index (Phi) is 4.46. The zero-order chi connectivity index (χ0) is 16.2. The van der Waals surface area contributed by atoms with Crippen LogP contribution in [0.2, 0.25) is 0 Å². The van der Waals surface area contributed by atoms with Crippen molar-refractivity contribution >= 4 is 11.6 Å². The molecule has 0 bridgehead atoms. The van der Waals surface area contributed by atoms with Crippen LogP contribution >= 0.6 is 0 Å². The third-order valence-corrected chi connectivity index (χ3v) is 4.29. The molecule has 0 saturated carbocycles. The molecular weight excluding hydrogens is 288 g/mol. The number of nitrogens with zero attached hydrogens (tertiary/aromatic N) is 4. The average molecular weight is 310 g/mol. The van der Waals surface area contributed by atoms with E-state index in [4.69, 9.17) is 0 Å². The number of aromatic nitrogens is 2. The van der Waals surface area contributed by atoms with Crippen LogP contribution in [0.25, 0.3) is 11.3 Å². The molecule has 23 heavy (non-hydrogen) atoms. The molecule has 0 aliphatic carbocycles. The summed E-state index contributed by atoms with van der Waals surface area (Å²) in [7, 11) is 0. The maximum absolute atomic E-state index is 11.7. The Morgan fingerprint density at radius 2 is 2.04 bits per heavy atom. The number of piperazine rings is 1. The zero-order valence-electron chi connectivity index (χ0n) is 13.5. The van der Waals surface area contributed by atoms with Gasteiger partial charge in [-0.15, -0.1) is 0 Å². The highest BCUT2D eigenvalue weighted by Gasteiger charge is 2.19. The molecule has 0 radical (unpaired) electrons. The first-order valence-corrected chi connectivity index (χ1v) is 8.01. The van der Waals surface area contributed by atoms with Crippen molar-refractivity contribution in [3.05, 3.63) is 49.2 Å². The summed E-state index contributed by atoms with van der Waals surface area (Å²) < 4.78 is 2.00. The van der Waals surface area contributed by atoms with Gasteiger partial charge in [-0.05, 0) is 31.2 Å². The van der Waals surface area contributed by atoms with Crippen molar-refractivity contribution in [1.29, 1.82) is 0 Å². The van der Waals surface area contributed by atoms with Crippen LogP contribution in [-0.4, -0.2) is 46.8 Å². The van der Waals surface area contributed by atoms with E-state index in [1.807, 2.05) is 21.8 Å². The van der Waals surface area contributed by atoms with Crippen LogP contribution in [-0.2, 0) is 11.3 Å². The molecule has 0 spiro atoms. The first kappa shape index (κ1) is 15.3. The van der Waals surface area contributed by atoms with Crippen LogP contribution in [0.1, 0.15) is 6.92 Å². The van der Waals surface area contributed by atoms with Crippen LogP contribution < -0.4 is 4.90 Å². The first-order chi connectivity index (χ1) is 11.2. The van der Waals surface area contributed by atoms with E-state index in [0.29, 0.717) is 0 Å². The molecule has 2 heterocycles. The fourth-order valence-corrected chi connectivity index (χ4v) is 3.01. The van der Waals surface area contributed by atoms with Crippen molar-refractivity contribution in [3.63, 3.8) is 0 Å². The molecule has 1 fully saturated rings. The van der Waals surface area contributed by atoms with Crippen molar-refractivity contribution in [2.45, 2.75) is 13.5 Å². The Balaban J connectivity index is 1.76. The number of aryl methyl sites for hydroxylation is 1. The van der Waals surface area contributed by atoms with E-state index in [1.165, 1.54) is 17.3 Å². The third kappa shape index (κ3) is 3.13. The number of benzene rings is 1. The number of hydrogen-bond acceptors (Lipinski definition) is 3. The average Bonchev–Trinajstić information content (AvgIpc) is 3.10. The molecule has 1 amide bonds. The number of anilines is 1. The minimum atomic E-state index is 0.0187. The summed E-state index contributed by atoms with van der Waals surface area (Å²) in [5.74, 6) is 0.0187. The highest BCUT2D eigenvalue weighted by atomic mass is 16.2. The second kappa shape index (κ2) is 6.69. The highest BCUT2D eigenvalue weighted by molar-refractivity contribution is 5.87. The summed E-state index contributed by atoms with van der Waals surface area (Å²) in [4.78, 5) is 15.8. The Morgan fingerprint density at radius 1 is 1.26 bits per heavy atom. The predicted octanol–water partition coefficient (Wildman–Crippen LogP) is 2.40. The third-order valence-electron chi connectivity index (χ3n) is 4.29. The van der Waals surface area contributed by atoms with E-state index in [2.05, 4.69) is 47.8 Å². The second-order valence-electron chi connectivity index (χ2n) is 5.60. The van der Waals surface area contributed by atoms with Gasteiger partial charge in [0.15, 0.2) is 0 Å². The van der Waals surface area contributed by atoms with Crippen molar-refractivity contribution in [1.82, 2.24) is 14.7 Å². The molecule has 120 valence electrons. The lowest BCUT2D eigenvalue weighted by atomic mass is 10.1. The minimum absolute atomic E-state index is 0.0187. The maximum atomic E-state index is 11.7. The highest BCUT2D eigenvalue weighted by Crippen LogP contribution is 2.25. The van der Waals surface area contributed by atoms with Crippen molar-refractivity contribution in [3.8, 4) is 11.3 Å². The number of amides is 1. The van der Waals surface area contributed by atoms with Gasteiger partial charge in [0.1, 0.15) is 0 Å². The summed E-state index contributed by atoms with van der Waals surface area (Å²) in [5, 5.41) is 4.34. The van der Waals surface area contributed by atoms with Crippen LogP contribution in [0.4, 0.5) is 5.69 Å². The molecule has 1 aromatic heterocycles. The lowest BCUT2D eigenvalue weighted by Crippen LogP contribution is -2.48. The van der Waals surface area contributed by atoms with Gasteiger partial charge in [-0.25, -0.2) is 0 Å². The fourth-order valence-electron chi connectivity index (χ4n) is 3.01. The Morgan fingerprint density at radius 3 is 2.74 bits per heavy atom. The molecule has 1 aliphatic rings. The first-order valence-electron chi connectivity index (χ1n) is 8.01. The second-order valence-corrected chi connectivity index (χ2v) is 5.60. The van der Waals surface area contributed by atoms with Gasteiger partial charge in [0.05, 0.1) is 5.69 Å². The SMILES string of the molecule is C=CC(=O)N1CCN(c2cccc(-c3ccnn3CC)c2)CC1. The standard InChI is InChI=1S/C18H22N4O/c1-3-18(23)21-12-10-20(11-13-21)16-7-5-6-15(14-16)17-8-9-19-22(17)4-2/h3,5-9,14H,1,4,10-13H2,2H3. The van der Waals surface area contributed by atoms with E-state index in [9.17, 15) is 4.79 Å². The van der Waals surface area contributed by atoms with E-state index >= 15 is 0 Å². The smallest absolute Gasteiger partial charge is 0.246 e. The van der Waals surface area contributed by atoms with Gasteiger partial charge in [-0.1, -0.05) is 18.7 Å². The summed E-state index contributed by atoms with van der Waals surface area (Å²) in [5.41, 5.74) is 3.50. The Labute approximate surface area is 136 Å². The lowest BCUT2D eigenvalue weighted by molar-refractivity contribution is -0.126. The van der Waals surface area contributed by atoms with Gasteiger partial charge in [0.2, 0.25) is 5.91 Å². The molecule has 5 heteroatoms. The summed E-state index contributed by atoms with van der Waals surface area (Å²) >= 11 is 0. The van der Waals surface area contributed by atoms with E-state index < -0.39 is 0 Å². The molecule has 1 aliphatic heterocycles. The largest absolute Gasteiger partial charge is 0.368 e. The summed E-state index contributed by atoms with van der Waals surface area (Å²) in [6, 6.07) is 10.6. The molecule has 3 rings (SSSR count). The normalized spacial score (nSPS) is 14.8. The van der Waals surface area contributed by atoms with Gasteiger partial charge in [0.25, 0.3) is 0 Å². The number of carbonyl (C=O) groups is 1. The zero-order valence-corrected chi connectivity index (χ0v) is 13.5. The minimum Gasteiger partial charge on any atom is -0.368 e. The molecule has 5 nitrogen and oxygen atoms in total. The van der Waals surface area contributed by atoms with Gasteiger partial charge >= 0.3 is 0 Å². The van der Waals surface area contributed by atoms with Crippen molar-refractivity contribution in [2.24, 2.45) is 0 Å². The molecule has 0 atom stereocenters. The number of hydrogen-bond donors (Lipinski definition) is 0. The van der Waals surface area contributed by atoms with Crippen LogP contribution in [0.5, 0.6) is 0 Å². The number of carbonyl (C=O) groups excluding carboxylic acids is 1. The van der Waals surface area contributed by atoms with Gasteiger partial charge in [0, 0.05) is 50.2 Å². The monoisotopic (exact) mass is 310 g/mol. The summed E-state index contributed by atoms with van der Waals surface area (Å²) in [6.45, 7) is 9.67. The topological polar surface area (TPSA) is 41.4 Å². The van der Waals surface area contributed by atoms with Crippen molar-refractivity contribution < 1.29 is 4.79 Å². The van der Waals surface area contributed by atoms with E-state index in [1.54, 1.807) is 0 Å². The van der Waals surface area contributed by atoms with E-state index in [-0.39, 0.29) is 5.91 Å². The van der Waals surface area contributed by atoms with Crippen LogP contribution in [0, 0.1) is 0 Å². The van der Waals surface area contributed by atoms with Gasteiger partial charge < -0.3 is 9.80 Å². The summed E-state index contributed by atoms with van der Waals surface area (Å²) in [6.07, 6.45) is 3.23. The fraction of sp³-hybridized carbons (Fsp3) is 0.333.